The van der Waals surface area contributed by atoms with Crippen LogP contribution in [0.3, 0.4) is 0 Å². The molecule has 1 saturated heterocycles. The van der Waals surface area contributed by atoms with Gasteiger partial charge in [0.1, 0.15) is 11.6 Å². The summed E-state index contributed by atoms with van der Waals surface area (Å²) in [5.74, 6) is -0.380. The maximum Gasteiger partial charge on any atom is 0.127 e. The Morgan fingerprint density at radius 2 is 2.17 bits per heavy atom. The lowest BCUT2D eigenvalue weighted by Gasteiger charge is -2.35. The molecule has 1 heterocycles. The van der Waals surface area contributed by atoms with Gasteiger partial charge in [-0.2, -0.15) is 0 Å². The second-order valence-electron chi connectivity index (χ2n) is 5.02. The van der Waals surface area contributed by atoms with Crippen LogP contribution < -0.4 is 5.73 Å². The molecule has 3 N–H and O–H groups in total. The monoisotopic (exact) mass is 252 g/mol. The number of halogens is 1. The third-order valence-corrected chi connectivity index (χ3v) is 3.58. The van der Waals surface area contributed by atoms with Crippen molar-refractivity contribution in [1.82, 2.24) is 4.90 Å². The molecule has 0 bridgehead atoms. The predicted molar refractivity (Wildman–Crippen MR) is 69.8 cm³/mol. The van der Waals surface area contributed by atoms with Crippen molar-refractivity contribution in [3.63, 3.8) is 0 Å². The Bertz CT molecular complexity index is 375. The summed E-state index contributed by atoms with van der Waals surface area (Å²) in [5, 5.41) is 9.41. The van der Waals surface area contributed by atoms with E-state index in [-0.39, 0.29) is 11.6 Å². The third kappa shape index (κ3) is 3.43. The molecule has 0 saturated carbocycles. The lowest BCUT2D eigenvalue weighted by Crippen LogP contribution is -2.40. The Morgan fingerprint density at radius 3 is 2.89 bits per heavy atom. The van der Waals surface area contributed by atoms with Gasteiger partial charge in [-0.1, -0.05) is 6.42 Å². The molecule has 18 heavy (non-hydrogen) atoms. The van der Waals surface area contributed by atoms with Gasteiger partial charge in [0.05, 0.1) is 0 Å². The van der Waals surface area contributed by atoms with Crippen LogP contribution in [0.15, 0.2) is 18.2 Å². The highest BCUT2D eigenvalue weighted by molar-refractivity contribution is 5.28. The molecular formula is C14H21FN2O. The summed E-state index contributed by atoms with van der Waals surface area (Å²) in [6, 6.07) is 4.76. The molecule has 0 aromatic heterocycles. The molecule has 1 aromatic rings. The van der Waals surface area contributed by atoms with E-state index in [1.165, 1.54) is 25.3 Å². The summed E-state index contributed by atoms with van der Waals surface area (Å²) < 4.78 is 13.2. The van der Waals surface area contributed by atoms with Crippen molar-refractivity contribution in [3.05, 3.63) is 29.6 Å². The van der Waals surface area contributed by atoms with Crippen LogP contribution in [0.25, 0.3) is 0 Å². The van der Waals surface area contributed by atoms with Crippen LogP contribution in [-0.2, 0) is 6.54 Å². The number of aromatic hydroxyl groups is 1. The van der Waals surface area contributed by atoms with Gasteiger partial charge >= 0.3 is 0 Å². The Kier molecular flexibility index (Phi) is 4.55. The lowest BCUT2D eigenvalue weighted by molar-refractivity contribution is 0.134. The standard InChI is InChI=1S/C14H21FN2O/c15-12-7-11(8-14(18)9-12)10-17-6-2-1-3-13(17)4-5-16/h7-9,13,18H,1-6,10,16H2. The Morgan fingerprint density at radius 1 is 1.33 bits per heavy atom. The minimum absolute atomic E-state index is 0.00242. The van der Waals surface area contributed by atoms with Gasteiger partial charge in [-0.25, -0.2) is 4.39 Å². The molecule has 1 atom stereocenters. The normalized spacial score (nSPS) is 21.1. The summed E-state index contributed by atoms with van der Waals surface area (Å²) in [7, 11) is 0. The number of hydrogen-bond acceptors (Lipinski definition) is 3. The minimum atomic E-state index is -0.377. The molecule has 1 fully saturated rings. The van der Waals surface area contributed by atoms with Gasteiger partial charge in [-0.3, -0.25) is 4.90 Å². The van der Waals surface area contributed by atoms with Crippen LogP contribution >= 0.6 is 0 Å². The van der Waals surface area contributed by atoms with E-state index in [2.05, 4.69) is 4.90 Å². The third-order valence-electron chi connectivity index (χ3n) is 3.58. The summed E-state index contributed by atoms with van der Waals surface area (Å²) >= 11 is 0. The van der Waals surface area contributed by atoms with Crippen molar-refractivity contribution in [2.24, 2.45) is 5.73 Å². The van der Waals surface area contributed by atoms with Gasteiger partial charge in [-0.05, 0) is 50.0 Å². The van der Waals surface area contributed by atoms with Crippen molar-refractivity contribution in [2.75, 3.05) is 13.1 Å². The van der Waals surface area contributed by atoms with E-state index in [4.69, 9.17) is 5.73 Å². The highest BCUT2D eigenvalue weighted by atomic mass is 19.1. The SMILES string of the molecule is NCCC1CCCCN1Cc1cc(O)cc(F)c1. The van der Waals surface area contributed by atoms with Crippen LogP contribution in [-0.4, -0.2) is 29.1 Å². The summed E-state index contributed by atoms with van der Waals surface area (Å²) in [5.41, 5.74) is 6.47. The predicted octanol–water partition coefficient (Wildman–Crippen LogP) is 2.23. The number of phenols is 1. The topological polar surface area (TPSA) is 49.5 Å². The van der Waals surface area contributed by atoms with E-state index in [1.807, 2.05) is 0 Å². The number of rotatable bonds is 4. The smallest absolute Gasteiger partial charge is 0.127 e. The largest absolute Gasteiger partial charge is 0.508 e. The molecule has 1 aliphatic heterocycles. The Hall–Kier alpha value is -1.13. The number of hydrogen-bond donors (Lipinski definition) is 2. The van der Waals surface area contributed by atoms with Crippen LogP contribution in [0, 0.1) is 5.82 Å². The summed E-state index contributed by atoms with van der Waals surface area (Å²) in [6.45, 7) is 2.41. The molecule has 1 unspecified atom stereocenters. The quantitative estimate of drug-likeness (QED) is 0.864. The van der Waals surface area contributed by atoms with Gasteiger partial charge < -0.3 is 10.8 Å². The van der Waals surface area contributed by atoms with Crippen LogP contribution in [0.1, 0.15) is 31.2 Å². The Balaban J connectivity index is 2.05. The average Bonchev–Trinajstić information content (AvgIpc) is 2.30. The van der Waals surface area contributed by atoms with Gasteiger partial charge in [0.2, 0.25) is 0 Å². The minimum Gasteiger partial charge on any atom is -0.508 e. The van der Waals surface area contributed by atoms with E-state index in [9.17, 15) is 9.50 Å². The Labute approximate surface area is 107 Å². The number of likely N-dealkylation sites (tertiary alicyclic amines) is 1. The highest BCUT2D eigenvalue weighted by Gasteiger charge is 2.21. The van der Waals surface area contributed by atoms with Crippen LogP contribution in [0.5, 0.6) is 5.75 Å². The zero-order chi connectivity index (χ0) is 13.0. The molecule has 0 amide bonds. The van der Waals surface area contributed by atoms with E-state index in [0.717, 1.165) is 24.6 Å². The molecule has 0 spiro atoms. The first kappa shape index (κ1) is 13.3. The fourth-order valence-electron chi connectivity index (χ4n) is 2.75. The van der Waals surface area contributed by atoms with E-state index in [0.29, 0.717) is 19.1 Å². The van der Waals surface area contributed by atoms with Crippen molar-refractivity contribution >= 4 is 0 Å². The first-order chi connectivity index (χ1) is 8.69. The number of phenolic OH excluding ortho intramolecular Hbond substituents is 1. The van der Waals surface area contributed by atoms with Crippen LogP contribution in [0.4, 0.5) is 4.39 Å². The summed E-state index contributed by atoms with van der Waals surface area (Å²) in [6.07, 6.45) is 4.58. The molecular weight excluding hydrogens is 231 g/mol. The van der Waals surface area contributed by atoms with Crippen molar-refractivity contribution in [1.29, 1.82) is 0 Å². The average molecular weight is 252 g/mol. The zero-order valence-electron chi connectivity index (χ0n) is 10.6. The maximum absolute atomic E-state index is 13.2. The van der Waals surface area contributed by atoms with Gasteiger partial charge in [0.15, 0.2) is 0 Å². The van der Waals surface area contributed by atoms with Gasteiger partial charge in [0.25, 0.3) is 0 Å². The number of piperidine rings is 1. The van der Waals surface area contributed by atoms with E-state index in [1.54, 1.807) is 6.07 Å². The lowest BCUT2D eigenvalue weighted by atomic mass is 9.98. The summed E-state index contributed by atoms with van der Waals surface area (Å²) in [4.78, 5) is 2.35. The van der Waals surface area contributed by atoms with Crippen LogP contribution in [0.2, 0.25) is 0 Å². The number of nitrogens with two attached hydrogens (primary N) is 1. The van der Waals surface area contributed by atoms with Crippen molar-refractivity contribution in [2.45, 2.75) is 38.3 Å². The molecule has 2 rings (SSSR count). The molecule has 0 aliphatic carbocycles. The van der Waals surface area contributed by atoms with Crippen molar-refractivity contribution < 1.29 is 9.50 Å². The molecule has 3 nitrogen and oxygen atoms in total. The number of nitrogens with zero attached hydrogens (tertiary/aromatic N) is 1. The highest BCUT2D eigenvalue weighted by Crippen LogP contribution is 2.23. The maximum atomic E-state index is 13.2. The van der Waals surface area contributed by atoms with Gasteiger partial charge in [-0.15, -0.1) is 0 Å². The molecule has 100 valence electrons. The second-order valence-corrected chi connectivity index (χ2v) is 5.02. The van der Waals surface area contributed by atoms with E-state index >= 15 is 0 Å². The van der Waals surface area contributed by atoms with Gasteiger partial charge in [0, 0.05) is 18.7 Å². The van der Waals surface area contributed by atoms with Crippen molar-refractivity contribution in [3.8, 4) is 5.75 Å². The van der Waals surface area contributed by atoms with E-state index < -0.39 is 0 Å². The molecule has 4 heteroatoms. The molecule has 1 aliphatic rings. The molecule has 1 aromatic carbocycles. The second kappa shape index (κ2) is 6.16. The first-order valence-corrected chi connectivity index (χ1v) is 6.61. The number of benzene rings is 1. The fraction of sp³-hybridized carbons (Fsp3) is 0.571. The molecule has 0 radical (unpaired) electrons. The fourth-order valence-corrected chi connectivity index (χ4v) is 2.75. The first-order valence-electron chi connectivity index (χ1n) is 6.61. The zero-order valence-corrected chi connectivity index (χ0v) is 10.6.